The zero-order valence-corrected chi connectivity index (χ0v) is 13.5. The van der Waals surface area contributed by atoms with E-state index < -0.39 is 6.10 Å². The minimum atomic E-state index is -0.494. The van der Waals surface area contributed by atoms with Gasteiger partial charge >= 0.3 is 0 Å². The molecule has 1 atom stereocenters. The lowest BCUT2D eigenvalue weighted by Crippen LogP contribution is -2.38. The fourth-order valence-corrected chi connectivity index (χ4v) is 2.07. The number of aliphatic hydroxyl groups excluding tert-OH is 1. The van der Waals surface area contributed by atoms with Gasteiger partial charge in [0, 0.05) is 20.0 Å². The average Bonchev–Trinajstić information content (AvgIpc) is 2.99. The van der Waals surface area contributed by atoms with Gasteiger partial charge in [-0.15, -0.1) is 0 Å². The fourth-order valence-electron chi connectivity index (χ4n) is 2.07. The lowest BCUT2D eigenvalue weighted by molar-refractivity contribution is 0.168. The van der Waals surface area contributed by atoms with Crippen LogP contribution < -0.4 is 10.6 Å². The van der Waals surface area contributed by atoms with Gasteiger partial charge in [0.1, 0.15) is 6.54 Å². The predicted octanol–water partition coefficient (Wildman–Crippen LogP) is 1.56. The molecule has 0 amide bonds. The molecule has 23 heavy (non-hydrogen) atoms. The summed E-state index contributed by atoms with van der Waals surface area (Å²) >= 11 is 0. The van der Waals surface area contributed by atoms with Crippen molar-refractivity contribution in [2.45, 2.75) is 32.9 Å². The standard InChI is InChI=1S/C16H23N5O2/c1-3-17-16(19-11-15-20-12(2)23-21-15)18-10-9-14(22)13-7-5-4-6-8-13/h4-8,14,22H,3,9-11H2,1-2H3,(H2,17,18,19). The van der Waals surface area contributed by atoms with E-state index in [1.54, 1.807) is 6.92 Å². The van der Waals surface area contributed by atoms with Crippen LogP contribution in [0.4, 0.5) is 0 Å². The van der Waals surface area contributed by atoms with Crippen molar-refractivity contribution in [1.29, 1.82) is 0 Å². The molecule has 1 heterocycles. The van der Waals surface area contributed by atoms with Gasteiger partial charge in [0.2, 0.25) is 5.89 Å². The monoisotopic (exact) mass is 317 g/mol. The van der Waals surface area contributed by atoms with Crippen molar-refractivity contribution >= 4 is 5.96 Å². The lowest BCUT2D eigenvalue weighted by Gasteiger charge is -2.14. The van der Waals surface area contributed by atoms with Crippen molar-refractivity contribution in [3.05, 3.63) is 47.6 Å². The molecule has 0 saturated heterocycles. The van der Waals surface area contributed by atoms with E-state index >= 15 is 0 Å². The van der Waals surface area contributed by atoms with Crippen molar-refractivity contribution < 1.29 is 9.63 Å². The number of nitrogens with one attached hydrogen (secondary N) is 2. The van der Waals surface area contributed by atoms with Crippen LogP contribution in [0.3, 0.4) is 0 Å². The highest BCUT2D eigenvalue weighted by molar-refractivity contribution is 5.79. The number of aliphatic hydroxyl groups is 1. The molecule has 0 saturated carbocycles. The molecular weight excluding hydrogens is 294 g/mol. The van der Waals surface area contributed by atoms with Crippen LogP contribution >= 0.6 is 0 Å². The molecule has 7 heteroatoms. The summed E-state index contributed by atoms with van der Waals surface area (Å²) in [4.78, 5) is 8.50. The smallest absolute Gasteiger partial charge is 0.223 e. The van der Waals surface area contributed by atoms with Crippen molar-refractivity contribution in [3.63, 3.8) is 0 Å². The zero-order chi connectivity index (χ0) is 16.5. The molecule has 2 rings (SSSR count). The Kier molecular flexibility index (Phi) is 6.56. The number of hydrogen-bond donors (Lipinski definition) is 3. The van der Waals surface area contributed by atoms with E-state index in [0.29, 0.717) is 37.2 Å². The SMILES string of the molecule is CCNC(=NCc1noc(C)n1)NCCC(O)c1ccccc1. The number of benzene rings is 1. The lowest BCUT2D eigenvalue weighted by atomic mass is 10.1. The van der Waals surface area contributed by atoms with Crippen LogP contribution in [0.5, 0.6) is 0 Å². The molecule has 0 aliphatic rings. The van der Waals surface area contributed by atoms with Crippen LogP contribution in [0.2, 0.25) is 0 Å². The predicted molar refractivity (Wildman–Crippen MR) is 87.9 cm³/mol. The molecule has 0 aliphatic carbocycles. The summed E-state index contributed by atoms with van der Waals surface area (Å²) in [7, 11) is 0. The van der Waals surface area contributed by atoms with Crippen LogP contribution in [-0.4, -0.2) is 34.3 Å². The third kappa shape index (κ3) is 5.71. The molecule has 1 aromatic heterocycles. The first-order chi connectivity index (χ1) is 11.2. The van der Waals surface area contributed by atoms with Gasteiger partial charge in [-0.1, -0.05) is 35.5 Å². The Labute approximate surface area is 135 Å². The molecule has 2 aromatic rings. The number of aromatic nitrogens is 2. The Bertz CT molecular complexity index is 612. The maximum Gasteiger partial charge on any atom is 0.223 e. The Morgan fingerprint density at radius 2 is 2.09 bits per heavy atom. The number of rotatable bonds is 7. The highest BCUT2D eigenvalue weighted by Gasteiger charge is 2.07. The van der Waals surface area contributed by atoms with Crippen molar-refractivity contribution in [2.24, 2.45) is 4.99 Å². The summed E-state index contributed by atoms with van der Waals surface area (Å²) < 4.78 is 4.91. The summed E-state index contributed by atoms with van der Waals surface area (Å²) in [6.45, 7) is 5.43. The number of guanidine groups is 1. The Balaban J connectivity index is 1.82. The van der Waals surface area contributed by atoms with Gasteiger partial charge in [-0.05, 0) is 18.9 Å². The third-order valence-corrected chi connectivity index (χ3v) is 3.19. The molecule has 0 bridgehead atoms. The molecule has 3 N–H and O–H groups in total. The summed E-state index contributed by atoms with van der Waals surface area (Å²) in [5, 5.41) is 20.3. The van der Waals surface area contributed by atoms with Gasteiger partial charge in [0.25, 0.3) is 0 Å². The maximum absolute atomic E-state index is 10.1. The van der Waals surface area contributed by atoms with Gasteiger partial charge in [0.15, 0.2) is 11.8 Å². The first kappa shape index (κ1) is 17.0. The fraction of sp³-hybridized carbons (Fsp3) is 0.438. The maximum atomic E-state index is 10.1. The van der Waals surface area contributed by atoms with E-state index in [1.165, 1.54) is 0 Å². The number of nitrogens with zero attached hydrogens (tertiary/aromatic N) is 3. The van der Waals surface area contributed by atoms with Crippen LogP contribution in [0.15, 0.2) is 39.8 Å². The second kappa shape index (κ2) is 8.89. The second-order valence-corrected chi connectivity index (χ2v) is 5.07. The first-order valence-electron chi connectivity index (χ1n) is 7.73. The second-order valence-electron chi connectivity index (χ2n) is 5.07. The zero-order valence-electron chi connectivity index (χ0n) is 13.5. The van der Waals surface area contributed by atoms with E-state index in [4.69, 9.17) is 4.52 Å². The molecule has 0 fully saturated rings. The number of hydrogen-bond acceptors (Lipinski definition) is 5. The normalized spacial score (nSPS) is 12.9. The average molecular weight is 317 g/mol. The highest BCUT2D eigenvalue weighted by Crippen LogP contribution is 2.14. The summed E-state index contributed by atoms with van der Waals surface area (Å²) in [5.41, 5.74) is 0.915. The molecule has 1 unspecified atom stereocenters. The summed E-state index contributed by atoms with van der Waals surface area (Å²) in [6.07, 6.45) is 0.0990. The highest BCUT2D eigenvalue weighted by atomic mass is 16.5. The molecule has 0 radical (unpaired) electrons. The van der Waals surface area contributed by atoms with Crippen molar-refractivity contribution in [1.82, 2.24) is 20.8 Å². The molecule has 0 spiro atoms. The molecular formula is C16H23N5O2. The van der Waals surface area contributed by atoms with E-state index in [2.05, 4.69) is 25.8 Å². The Morgan fingerprint density at radius 3 is 2.74 bits per heavy atom. The van der Waals surface area contributed by atoms with Gasteiger partial charge < -0.3 is 20.3 Å². The first-order valence-corrected chi connectivity index (χ1v) is 7.73. The van der Waals surface area contributed by atoms with Crippen molar-refractivity contribution in [2.75, 3.05) is 13.1 Å². The van der Waals surface area contributed by atoms with Gasteiger partial charge in [0.05, 0.1) is 6.10 Å². The third-order valence-electron chi connectivity index (χ3n) is 3.19. The molecule has 0 aliphatic heterocycles. The minimum Gasteiger partial charge on any atom is -0.388 e. The number of aryl methyl sites for hydroxylation is 1. The van der Waals surface area contributed by atoms with E-state index in [0.717, 1.165) is 12.1 Å². The van der Waals surface area contributed by atoms with Crippen LogP contribution in [0.25, 0.3) is 0 Å². The number of aliphatic imine (C=N–C) groups is 1. The summed E-state index contributed by atoms with van der Waals surface area (Å²) in [6, 6.07) is 9.62. The van der Waals surface area contributed by atoms with E-state index in [1.807, 2.05) is 37.3 Å². The van der Waals surface area contributed by atoms with Gasteiger partial charge in [-0.25, -0.2) is 4.99 Å². The summed E-state index contributed by atoms with van der Waals surface area (Å²) in [5.74, 6) is 1.73. The minimum absolute atomic E-state index is 0.341. The largest absolute Gasteiger partial charge is 0.388 e. The molecule has 124 valence electrons. The quantitative estimate of drug-likeness (QED) is 0.530. The van der Waals surface area contributed by atoms with Crippen molar-refractivity contribution in [3.8, 4) is 0 Å². The van der Waals surface area contributed by atoms with Gasteiger partial charge in [-0.2, -0.15) is 4.98 Å². The Hall–Kier alpha value is -2.41. The van der Waals surface area contributed by atoms with E-state index in [9.17, 15) is 5.11 Å². The van der Waals surface area contributed by atoms with Crippen LogP contribution in [0.1, 0.15) is 36.7 Å². The molecule has 7 nitrogen and oxygen atoms in total. The van der Waals surface area contributed by atoms with Gasteiger partial charge in [-0.3, -0.25) is 0 Å². The Morgan fingerprint density at radius 1 is 1.30 bits per heavy atom. The van der Waals surface area contributed by atoms with Crippen LogP contribution in [0, 0.1) is 6.92 Å². The van der Waals surface area contributed by atoms with Crippen LogP contribution in [-0.2, 0) is 6.54 Å². The molecule has 1 aromatic carbocycles. The van der Waals surface area contributed by atoms with E-state index in [-0.39, 0.29) is 0 Å². The topological polar surface area (TPSA) is 95.6 Å².